The van der Waals surface area contributed by atoms with E-state index in [4.69, 9.17) is 18.6 Å². The summed E-state index contributed by atoms with van der Waals surface area (Å²) in [7, 11) is 1.64. The number of aryl methyl sites for hydroxylation is 1. The highest BCUT2D eigenvalue weighted by molar-refractivity contribution is 6.00. The fourth-order valence-corrected chi connectivity index (χ4v) is 3.81. The number of rotatable bonds is 13. The standard InChI is InChI=1S/C29H34N2O5/c1-6-8-9-10-21(4)28-26(22-12-14-23(33-5)15-13-22)27-24(30-19-31-29(27)36-28)16-11-20(3)17-34-18-25(32)35-7-2/h6,8-10,12-15,19-20H,4,7,11,16-18H2,1-3,5H3/b8-6-,10-9-/t20-/m0/s1. The highest BCUT2D eigenvalue weighted by Crippen LogP contribution is 2.39. The molecule has 1 atom stereocenters. The van der Waals surface area contributed by atoms with Gasteiger partial charge in [-0.05, 0) is 50.3 Å². The minimum Gasteiger partial charge on any atom is -0.497 e. The van der Waals surface area contributed by atoms with Crippen LogP contribution in [0.4, 0.5) is 0 Å². The number of allylic oxidation sites excluding steroid dienone is 5. The van der Waals surface area contributed by atoms with Crippen molar-refractivity contribution in [2.75, 3.05) is 26.9 Å². The number of methoxy groups -OCH3 is 1. The van der Waals surface area contributed by atoms with Gasteiger partial charge in [0.1, 0.15) is 24.4 Å². The number of furan rings is 1. The molecular formula is C29H34N2O5. The number of carbonyl (C=O) groups excluding carboxylic acids is 1. The zero-order valence-electron chi connectivity index (χ0n) is 21.5. The molecule has 7 heteroatoms. The molecule has 0 aliphatic heterocycles. The first-order valence-corrected chi connectivity index (χ1v) is 12.1. The van der Waals surface area contributed by atoms with Crippen molar-refractivity contribution >= 4 is 22.6 Å². The molecule has 0 unspecified atom stereocenters. The van der Waals surface area contributed by atoms with Crippen molar-refractivity contribution < 1.29 is 23.4 Å². The summed E-state index contributed by atoms with van der Waals surface area (Å²) in [5.74, 6) is 1.30. The van der Waals surface area contributed by atoms with Crippen LogP contribution in [-0.2, 0) is 20.7 Å². The normalized spacial score (nSPS) is 12.4. The second kappa shape index (κ2) is 13.4. The molecule has 0 aliphatic rings. The fourth-order valence-electron chi connectivity index (χ4n) is 3.81. The average molecular weight is 491 g/mol. The van der Waals surface area contributed by atoms with E-state index in [1.54, 1.807) is 14.0 Å². The molecule has 0 saturated carbocycles. The Labute approximate surface area is 212 Å². The van der Waals surface area contributed by atoms with Gasteiger partial charge in [0, 0.05) is 17.7 Å². The van der Waals surface area contributed by atoms with Crippen LogP contribution in [0.1, 0.15) is 38.6 Å². The summed E-state index contributed by atoms with van der Waals surface area (Å²) in [5.41, 5.74) is 4.02. The van der Waals surface area contributed by atoms with Crippen LogP contribution in [-0.4, -0.2) is 42.9 Å². The molecule has 7 nitrogen and oxygen atoms in total. The van der Waals surface area contributed by atoms with Gasteiger partial charge in [-0.3, -0.25) is 0 Å². The highest BCUT2D eigenvalue weighted by Gasteiger charge is 2.22. The largest absolute Gasteiger partial charge is 0.497 e. The summed E-state index contributed by atoms with van der Waals surface area (Å²) in [5, 5.41) is 0.873. The van der Waals surface area contributed by atoms with Crippen LogP contribution in [0.5, 0.6) is 5.75 Å². The van der Waals surface area contributed by atoms with Crippen molar-refractivity contribution in [1.29, 1.82) is 0 Å². The van der Waals surface area contributed by atoms with Crippen LogP contribution in [0, 0.1) is 5.92 Å². The molecule has 36 heavy (non-hydrogen) atoms. The first kappa shape index (κ1) is 26.9. The minimum atomic E-state index is -0.346. The first-order chi connectivity index (χ1) is 17.5. The number of aromatic nitrogens is 2. The van der Waals surface area contributed by atoms with Gasteiger partial charge >= 0.3 is 5.97 Å². The fraction of sp³-hybridized carbons (Fsp3) is 0.345. The lowest BCUT2D eigenvalue weighted by molar-refractivity contribution is -0.148. The average Bonchev–Trinajstić information content (AvgIpc) is 3.28. The van der Waals surface area contributed by atoms with Crippen LogP contribution < -0.4 is 4.74 Å². The van der Waals surface area contributed by atoms with Gasteiger partial charge in [0.2, 0.25) is 5.71 Å². The summed E-state index contributed by atoms with van der Waals surface area (Å²) in [6, 6.07) is 7.84. The zero-order valence-corrected chi connectivity index (χ0v) is 21.5. The molecule has 0 radical (unpaired) electrons. The number of nitrogens with zero attached hydrogens (tertiary/aromatic N) is 2. The number of fused-ring (bicyclic) bond motifs is 1. The van der Waals surface area contributed by atoms with E-state index in [0.717, 1.165) is 40.0 Å². The predicted octanol–water partition coefficient (Wildman–Crippen LogP) is 6.19. The van der Waals surface area contributed by atoms with E-state index in [0.29, 0.717) is 31.1 Å². The third-order valence-corrected chi connectivity index (χ3v) is 5.64. The van der Waals surface area contributed by atoms with E-state index < -0.39 is 0 Å². The number of carbonyl (C=O) groups is 1. The molecule has 3 aromatic rings. The minimum absolute atomic E-state index is 0.0362. The van der Waals surface area contributed by atoms with Gasteiger partial charge in [0.25, 0.3) is 0 Å². The van der Waals surface area contributed by atoms with E-state index in [1.807, 2.05) is 55.5 Å². The van der Waals surface area contributed by atoms with E-state index in [2.05, 4.69) is 23.5 Å². The Bertz CT molecular complexity index is 1220. The molecule has 190 valence electrons. The SMILES string of the molecule is C=C(/C=C\C=C/C)c1oc2ncnc(CC[C@H](C)COCC(=O)OCC)c2c1-c1ccc(OC)cc1. The summed E-state index contributed by atoms with van der Waals surface area (Å²) in [6.07, 6.45) is 10.8. The summed E-state index contributed by atoms with van der Waals surface area (Å²) >= 11 is 0. The Morgan fingerprint density at radius 1 is 1.19 bits per heavy atom. The Morgan fingerprint density at radius 3 is 2.67 bits per heavy atom. The van der Waals surface area contributed by atoms with Crippen LogP contribution >= 0.6 is 0 Å². The van der Waals surface area contributed by atoms with Gasteiger partial charge in [0.15, 0.2) is 0 Å². The lowest BCUT2D eigenvalue weighted by Gasteiger charge is -2.12. The summed E-state index contributed by atoms with van der Waals surface area (Å²) < 4.78 is 22.0. The maximum Gasteiger partial charge on any atom is 0.332 e. The smallest absolute Gasteiger partial charge is 0.332 e. The predicted molar refractivity (Wildman–Crippen MR) is 142 cm³/mol. The van der Waals surface area contributed by atoms with Crippen LogP contribution in [0.3, 0.4) is 0 Å². The highest BCUT2D eigenvalue weighted by atomic mass is 16.6. The quantitative estimate of drug-likeness (QED) is 0.209. The van der Waals surface area contributed by atoms with Gasteiger partial charge in [-0.25, -0.2) is 14.8 Å². The second-order valence-electron chi connectivity index (χ2n) is 8.41. The van der Waals surface area contributed by atoms with Gasteiger partial charge in [-0.15, -0.1) is 0 Å². The number of benzene rings is 1. The molecular weight excluding hydrogens is 456 g/mol. The molecule has 0 fully saturated rings. The maximum atomic E-state index is 11.5. The van der Waals surface area contributed by atoms with E-state index >= 15 is 0 Å². The molecule has 0 bridgehead atoms. The molecule has 0 amide bonds. The second-order valence-corrected chi connectivity index (χ2v) is 8.41. The number of hydrogen-bond donors (Lipinski definition) is 0. The molecule has 1 aromatic carbocycles. The van der Waals surface area contributed by atoms with Crippen molar-refractivity contribution in [3.8, 4) is 16.9 Å². The van der Waals surface area contributed by atoms with Crippen LogP contribution in [0.25, 0.3) is 27.8 Å². The van der Waals surface area contributed by atoms with Gasteiger partial charge < -0.3 is 18.6 Å². The molecule has 0 aliphatic carbocycles. The lowest BCUT2D eigenvalue weighted by Crippen LogP contribution is -2.16. The molecule has 0 N–H and O–H groups in total. The molecule has 2 aromatic heterocycles. The van der Waals surface area contributed by atoms with Crippen molar-refractivity contribution in [2.24, 2.45) is 5.92 Å². The number of esters is 1. The lowest BCUT2D eigenvalue weighted by atomic mass is 9.96. The van der Waals surface area contributed by atoms with Crippen molar-refractivity contribution in [3.63, 3.8) is 0 Å². The van der Waals surface area contributed by atoms with Gasteiger partial charge in [-0.1, -0.05) is 49.9 Å². The molecule has 0 saturated heterocycles. The number of hydrogen-bond acceptors (Lipinski definition) is 7. The van der Waals surface area contributed by atoms with E-state index in [-0.39, 0.29) is 18.5 Å². The Kier molecular flexibility index (Phi) is 10.0. The Morgan fingerprint density at radius 2 is 1.97 bits per heavy atom. The van der Waals surface area contributed by atoms with Gasteiger partial charge in [-0.2, -0.15) is 0 Å². The van der Waals surface area contributed by atoms with E-state index in [9.17, 15) is 4.79 Å². The monoisotopic (exact) mass is 490 g/mol. The van der Waals surface area contributed by atoms with Crippen LogP contribution in [0.2, 0.25) is 0 Å². The summed E-state index contributed by atoms with van der Waals surface area (Å²) in [4.78, 5) is 20.5. The number of ether oxygens (including phenoxy) is 3. The molecule has 3 rings (SSSR count). The third-order valence-electron chi connectivity index (χ3n) is 5.64. The van der Waals surface area contributed by atoms with Crippen molar-refractivity contribution in [3.05, 3.63) is 72.9 Å². The molecule has 0 spiro atoms. The maximum absolute atomic E-state index is 11.5. The summed E-state index contributed by atoms with van der Waals surface area (Å²) in [6.45, 7) is 10.8. The topological polar surface area (TPSA) is 83.7 Å². The third kappa shape index (κ3) is 6.92. The Hall–Kier alpha value is -3.71. The zero-order chi connectivity index (χ0) is 25.9. The van der Waals surface area contributed by atoms with E-state index in [1.165, 1.54) is 6.33 Å². The molecule has 2 heterocycles. The van der Waals surface area contributed by atoms with Crippen LogP contribution in [0.15, 0.2) is 65.9 Å². The first-order valence-electron chi connectivity index (χ1n) is 12.1. The van der Waals surface area contributed by atoms with Crippen molar-refractivity contribution in [2.45, 2.75) is 33.6 Å². The van der Waals surface area contributed by atoms with Gasteiger partial charge in [0.05, 0.1) is 24.8 Å². The van der Waals surface area contributed by atoms with Crippen molar-refractivity contribution in [1.82, 2.24) is 9.97 Å². The Balaban J connectivity index is 1.91.